The fourth-order valence-electron chi connectivity index (χ4n) is 6.39. The number of urea groups is 1. The smallest absolute Gasteiger partial charge is 0.385 e. The molecule has 3 heterocycles. The summed E-state index contributed by atoms with van der Waals surface area (Å²) in [5, 5.41) is 15.8. The van der Waals surface area contributed by atoms with Crippen LogP contribution in [0.3, 0.4) is 0 Å². The molecule has 0 radical (unpaired) electrons. The Labute approximate surface area is 305 Å². The molecule has 2 aliphatic rings. The predicted octanol–water partition coefficient (Wildman–Crippen LogP) is 3.65. The molecule has 0 aliphatic carbocycles. The van der Waals surface area contributed by atoms with Crippen LogP contribution < -0.4 is 11.1 Å². The number of fused-ring (bicyclic) bond motifs is 2. The molecule has 0 spiro atoms. The van der Waals surface area contributed by atoms with Crippen molar-refractivity contribution in [3.63, 3.8) is 0 Å². The first-order valence-electron chi connectivity index (χ1n) is 17.0. The van der Waals surface area contributed by atoms with Gasteiger partial charge in [0.1, 0.15) is 25.4 Å². The molecule has 4 amide bonds. The fourth-order valence-corrected chi connectivity index (χ4v) is 7.17. The number of unbranched alkanes of at least 4 members (excludes halogenated alkanes) is 1. The lowest BCUT2D eigenvalue weighted by Crippen LogP contribution is -2.66. The van der Waals surface area contributed by atoms with E-state index in [0.717, 1.165) is 34.2 Å². The van der Waals surface area contributed by atoms with Crippen molar-refractivity contribution in [1.82, 2.24) is 30.1 Å². The second kappa shape index (κ2) is 16.4. The maximum absolute atomic E-state index is 14.3. The van der Waals surface area contributed by atoms with Gasteiger partial charge in [-0.15, -0.1) is 0 Å². The van der Waals surface area contributed by atoms with Crippen molar-refractivity contribution in [3.05, 3.63) is 95.1 Å². The minimum Gasteiger partial charge on any atom is -0.451 e. The number of aromatic nitrogens is 1. The van der Waals surface area contributed by atoms with Gasteiger partial charge < -0.3 is 25.6 Å². The van der Waals surface area contributed by atoms with E-state index in [1.54, 1.807) is 39.1 Å². The lowest BCUT2D eigenvalue weighted by atomic mass is 9.99. The molecule has 0 saturated carbocycles. The van der Waals surface area contributed by atoms with E-state index in [4.69, 9.17) is 10.5 Å². The van der Waals surface area contributed by atoms with Gasteiger partial charge in [-0.3, -0.25) is 9.59 Å². The molecule has 13 nitrogen and oxygen atoms in total. The lowest BCUT2D eigenvalue weighted by molar-refractivity contribution is -0.157. The number of anilines is 1. The number of benzene rings is 3. The quantitative estimate of drug-likeness (QED) is 0.102. The van der Waals surface area contributed by atoms with Gasteiger partial charge in [-0.05, 0) is 41.3 Å². The lowest BCUT2D eigenvalue weighted by Gasteiger charge is -2.46. The minimum atomic E-state index is -0.895. The molecule has 266 valence electrons. The van der Waals surface area contributed by atoms with E-state index in [9.17, 15) is 24.4 Å². The SMILES string of the molecule is CCCCNC(=O)N(CC#N)N1CC(=O)N2[C@@H](Cc3ccc(C#CC(=O)OCc4ccccc4)cc3)C(=O)N(Cc3cccc4sc(N)nc34)C[C@@H]21. The van der Waals surface area contributed by atoms with E-state index in [1.807, 2.05) is 55.5 Å². The molecule has 2 fully saturated rings. The van der Waals surface area contributed by atoms with Gasteiger partial charge in [-0.1, -0.05) is 85.2 Å². The summed E-state index contributed by atoms with van der Waals surface area (Å²) in [5.74, 6) is 4.10. The summed E-state index contributed by atoms with van der Waals surface area (Å²) in [7, 11) is 0. The Morgan fingerprint density at radius 1 is 1.08 bits per heavy atom. The Kier molecular flexibility index (Phi) is 11.3. The van der Waals surface area contributed by atoms with Crippen LogP contribution in [0.5, 0.6) is 0 Å². The third kappa shape index (κ3) is 8.15. The van der Waals surface area contributed by atoms with Gasteiger partial charge in [0.25, 0.3) is 0 Å². The molecule has 14 heteroatoms. The Balaban J connectivity index is 1.24. The molecule has 2 aliphatic heterocycles. The van der Waals surface area contributed by atoms with Crippen LogP contribution in [-0.4, -0.2) is 87.0 Å². The van der Waals surface area contributed by atoms with Crippen molar-refractivity contribution in [3.8, 4) is 17.9 Å². The van der Waals surface area contributed by atoms with E-state index in [0.29, 0.717) is 22.8 Å². The summed E-state index contributed by atoms with van der Waals surface area (Å²) in [4.78, 5) is 61.3. The predicted molar refractivity (Wildman–Crippen MR) is 194 cm³/mol. The number of nitriles is 1. The van der Waals surface area contributed by atoms with Crippen LogP contribution >= 0.6 is 11.3 Å². The molecule has 52 heavy (non-hydrogen) atoms. The number of nitrogen functional groups attached to an aromatic ring is 1. The van der Waals surface area contributed by atoms with Crippen molar-refractivity contribution in [2.45, 2.75) is 51.5 Å². The number of esters is 1. The highest BCUT2D eigenvalue weighted by atomic mass is 32.1. The Hall–Kier alpha value is -5.96. The Bertz CT molecular complexity index is 2050. The molecule has 2 saturated heterocycles. The van der Waals surface area contributed by atoms with E-state index < -0.39 is 24.2 Å². The summed E-state index contributed by atoms with van der Waals surface area (Å²) in [5.41, 5.74) is 9.73. The highest BCUT2D eigenvalue weighted by Gasteiger charge is 2.52. The molecule has 0 bridgehead atoms. The maximum atomic E-state index is 14.3. The van der Waals surface area contributed by atoms with Crippen LogP contribution in [0.15, 0.2) is 72.8 Å². The van der Waals surface area contributed by atoms with Gasteiger partial charge in [-0.2, -0.15) is 10.3 Å². The monoisotopic (exact) mass is 718 g/mol. The number of nitrogens with two attached hydrogens (primary N) is 1. The van der Waals surface area contributed by atoms with Crippen molar-refractivity contribution in [1.29, 1.82) is 5.26 Å². The summed E-state index contributed by atoms with van der Waals surface area (Å²) in [6.07, 6.45) is 1.13. The normalized spacial score (nSPS) is 16.9. The standard InChI is InChI=1S/C38H38N8O5S/c1-2-3-19-41-38(50)44(20-18-39)45-24-33(47)46-30(36(49)43(23-32(45)46)22-29-10-7-11-31-35(29)42-37(40)52-31)21-27-14-12-26(13-15-27)16-17-34(48)51-25-28-8-5-4-6-9-28/h4-15,30,32H,2-3,19-25H2,1H3,(H2,40,42)(H,41,50)/t30-,32+/m0/s1. The second-order valence-electron chi connectivity index (χ2n) is 12.4. The maximum Gasteiger partial charge on any atom is 0.385 e. The molecule has 1 aromatic heterocycles. The summed E-state index contributed by atoms with van der Waals surface area (Å²) < 4.78 is 6.14. The number of nitrogens with one attached hydrogen (secondary N) is 1. The van der Waals surface area contributed by atoms with Gasteiger partial charge in [0, 0.05) is 31.0 Å². The number of piperazine rings is 1. The average Bonchev–Trinajstić information content (AvgIpc) is 3.70. The summed E-state index contributed by atoms with van der Waals surface area (Å²) in [6.45, 7) is 2.44. The van der Waals surface area contributed by atoms with Crippen molar-refractivity contribution in [2.75, 3.05) is 31.9 Å². The number of amides is 4. The van der Waals surface area contributed by atoms with Gasteiger partial charge in [0.05, 0.1) is 29.4 Å². The zero-order chi connectivity index (χ0) is 36.6. The zero-order valence-electron chi connectivity index (χ0n) is 28.7. The zero-order valence-corrected chi connectivity index (χ0v) is 29.5. The van der Waals surface area contributed by atoms with E-state index >= 15 is 0 Å². The topological polar surface area (TPSA) is 165 Å². The number of thiazole rings is 1. The largest absolute Gasteiger partial charge is 0.451 e. The van der Waals surface area contributed by atoms with Crippen LogP contribution in [0.1, 0.15) is 42.0 Å². The number of rotatable bonds is 11. The van der Waals surface area contributed by atoms with E-state index in [-0.39, 0.29) is 51.0 Å². The van der Waals surface area contributed by atoms with Gasteiger partial charge in [0.15, 0.2) is 5.13 Å². The molecule has 3 N–H and O–H groups in total. The Morgan fingerprint density at radius 2 is 1.87 bits per heavy atom. The van der Waals surface area contributed by atoms with Crippen LogP contribution in [0.4, 0.5) is 9.93 Å². The first kappa shape index (κ1) is 35.9. The first-order valence-corrected chi connectivity index (χ1v) is 17.8. The molecule has 0 unspecified atom stereocenters. The molecule has 3 aromatic carbocycles. The highest BCUT2D eigenvalue weighted by molar-refractivity contribution is 7.22. The number of carbonyl (C=O) groups excluding carboxylic acids is 4. The molecule has 4 aromatic rings. The number of para-hydroxylation sites is 1. The van der Waals surface area contributed by atoms with Gasteiger partial charge >= 0.3 is 12.0 Å². The fraction of sp³-hybridized carbons (Fsp3) is 0.316. The highest BCUT2D eigenvalue weighted by Crippen LogP contribution is 2.32. The first-order chi connectivity index (χ1) is 25.2. The third-order valence-corrected chi connectivity index (χ3v) is 9.77. The van der Waals surface area contributed by atoms with Gasteiger partial charge in [0.2, 0.25) is 11.8 Å². The molecule has 6 rings (SSSR count). The number of hydrazine groups is 1. The van der Waals surface area contributed by atoms with Crippen LogP contribution in [0.2, 0.25) is 0 Å². The van der Waals surface area contributed by atoms with Gasteiger partial charge in [-0.25, -0.2) is 19.6 Å². The van der Waals surface area contributed by atoms with Crippen LogP contribution in [-0.2, 0) is 38.7 Å². The number of carbonyl (C=O) groups is 4. The number of hydrogen-bond donors (Lipinski definition) is 2. The average molecular weight is 719 g/mol. The number of hydrogen-bond acceptors (Lipinski definition) is 10. The minimum absolute atomic E-state index is 0.107. The number of ether oxygens (including phenoxy) is 1. The molecular formula is C38H38N8O5S. The Morgan fingerprint density at radius 3 is 2.62 bits per heavy atom. The summed E-state index contributed by atoms with van der Waals surface area (Å²) >= 11 is 1.36. The van der Waals surface area contributed by atoms with Crippen LogP contribution in [0.25, 0.3) is 10.2 Å². The third-order valence-electron chi connectivity index (χ3n) is 8.92. The second-order valence-corrected chi connectivity index (χ2v) is 13.5. The van der Waals surface area contributed by atoms with Crippen molar-refractivity contribution < 1.29 is 23.9 Å². The van der Waals surface area contributed by atoms with E-state index in [1.165, 1.54) is 16.3 Å². The number of nitrogens with zero attached hydrogens (tertiary/aromatic N) is 6. The molecular weight excluding hydrogens is 681 g/mol. The van der Waals surface area contributed by atoms with E-state index in [2.05, 4.69) is 28.2 Å². The molecule has 2 atom stereocenters. The van der Waals surface area contributed by atoms with Crippen LogP contribution in [0, 0.1) is 23.2 Å². The van der Waals surface area contributed by atoms with Crippen molar-refractivity contribution in [2.24, 2.45) is 0 Å². The summed E-state index contributed by atoms with van der Waals surface area (Å²) in [6, 6.07) is 22.8. The van der Waals surface area contributed by atoms with Crippen molar-refractivity contribution >= 4 is 50.5 Å².